The van der Waals surface area contributed by atoms with E-state index in [0.29, 0.717) is 0 Å². The third-order valence-electron chi connectivity index (χ3n) is 2.97. The Labute approximate surface area is 102 Å². The summed E-state index contributed by atoms with van der Waals surface area (Å²) in [5, 5.41) is 2.72. The lowest BCUT2D eigenvalue weighted by Gasteiger charge is -2.20. The van der Waals surface area contributed by atoms with Crippen molar-refractivity contribution in [1.29, 1.82) is 0 Å². The zero-order chi connectivity index (χ0) is 12.1. The van der Waals surface area contributed by atoms with Gasteiger partial charge in [0.15, 0.2) is 0 Å². The number of nitrogens with zero attached hydrogens (tertiary/aromatic N) is 1. The number of hydrogen-bond donors (Lipinski definition) is 1. The van der Waals surface area contributed by atoms with E-state index in [0.717, 1.165) is 24.3 Å². The number of ether oxygens (including phenoxy) is 1. The number of para-hydroxylation sites is 1. The van der Waals surface area contributed by atoms with Crippen LogP contribution < -0.4 is 10.2 Å². The Bertz CT molecular complexity index is 387. The van der Waals surface area contributed by atoms with Gasteiger partial charge in [0.2, 0.25) is 0 Å². The molecule has 0 aromatic heterocycles. The first kappa shape index (κ1) is 11.9. The maximum atomic E-state index is 12.0. The molecule has 1 saturated heterocycles. The highest BCUT2D eigenvalue weighted by Gasteiger charge is 2.18. The largest absolute Gasteiger partial charge is 0.371 e. The van der Waals surface area contributed by atoms with E-state index in [2.05, 4.69) is 10.2 Å². The van der Waals surface area contributed by atoms with Gasteiger partial charge in [-0.15, -0.1) is 0 Å². The quantitative estimate of drug-likeness (QED) is 0.805. The van der Waals surface area contributed by atoms with Crippen molar-refractivity contribution in [2.75, 3.05) is 31.8 Å². The van der Waals surface area contributed by atoms with Crippen molar-refractivity contribution in [3.05, 3.63) is 29.8 Å². The highest BCUT2D eigenvalue weighted by molar-refractivity contribution is 5.99. The van der Waals surface area contributed by atoms with Gasteiger partial charge in [0.05, 0.1) is 5.56 Å². The van der Waals surface area contributed by atoms with Gasteiger partial charge < -0.3 is 15.0 Å². The van der Waals surface area contributed by atoms with Crippen molar-refractivity contribution in [1.82, 2.24) is 5.32 Å². The minimum Gasteiger partial charge on any atom is -0.371 e. The molecule has 1 heterocycles. The fourth-order valence-electron chi connectivity index (χ4n) is 2.13. The predicted octanol–water partition coefficient (Wildman–Crippen LogP) is 1.62. The number of hydrogen-bond acceptors (Lipinski definition) is 3. The van der Waals surface area contributed by atoms with Gasteiger partial charge in [-0.2, -0.15) is 0 Å². The van der Waals surface area contributed by atoms with Crippen LogP contribution in [0.4, 0.5) is 5.69 Å². The molecule has 1 fully saturated rings. The van der Waals surface area contributed by atoms with E-state index in [4.69, 9.17) is 4.74 Å². The molecule has 0 spiro atoms. The van der Waals surface area contributed by atoms with Crippen LogP contribution in [0.1, 0.15) is 23.2 Å². The van der Waals surface area contributed by atoms with E-state index < -0.39 is 0 Å². The van der Waals surface area contributed by atoms with Crippen LogP contribution in [0.25, 0.3) is 0 Å². The third kappa shape index (κ3) is 2.77. The molecular formula is C13H18N2O2. The topological polar surface area (TPSA) is 41.6 Å². The van der Waals surface area contributed by atoms with Crippen LogP contribution in [0.5, 0.6) is 0 Å². The fourth-order valence-corrected chi connectivity index (χ4v) is 2.13. The first-order chi connectivity index (χ1) is 8.33. The van der Waals surface area contributed by atoms with Crippen molar-refractivity contribution in [3.63, 3.8) is 0 Å². The third-order valence-corrected chi connectivity index (χ3v) is 2.97. The lowest BCUT2D eigenvalue weighted by Crippen LogP contribution is -2.28. The van der Waals surface area contributed by atoms with E-state index in [-0.39, 0.29) is 12.6 Å². The summed E-state index contributed by atoms with van der Waals surface area (Å²) in [6.07, 6.45) is 2.40. The minimum absolute atomic E-state index is 0.0747. The molecule has 1 amide bonds. The molecule has 0 saturated carbocycles. The molecule has 0 aliphatic carbocycles. The molecule has 1 aliphatic heterocycles. The Morgan fingerprint density at radius 1 is 1.35 bits per heavy atom. The van der Waals surface area contributed by atoms with Crippen molar-refractivity contribution < 1.29 is 9.53 Å². The van der Waals surface area contributed by atoms with Crippen LogP contribution >= 0.6 is 0 Å². The summed E-state index contributed by atoms with van der Waals surface area (Å²) in [6.45, 7) is 2.32. The van der Waals surface area contributed by atoms with Crippen LogP contribution in [0, 0.1) is 0 Å². The van der Waals surface area contributed by atoms with Gasteiger partial charge in [0.1, 0.15) is 6.73 Å². The number of anilines is 1. The zero-order valence-electron chi connectivity index (χ0n) is 10.1. The Kier molecular flexibility index (Phi) is 3.98. The van der Waals surface area contributed by atoms with Gasteiger partial charge in [-0.1, -0.05) is 12.1 Å². The van der Waals surface area contributed by atoms with Gasteiger partial charge in [0, 0.05) is 25.9 Å². The number of methoxy groups -OCH3 is 1. The Hall–Kier alpha value is -1.55. The number of benzene rings is 1. The van der Waals surface area contributed by atoms with Crippen molar-refractivity contribution in [2.24, 2.45) is 0 Å². The fraction of sp³-hybridized carbons (Fsp3) is 0.462. The van der Waals surface area contributed by atoms with Gasteiger partial charge in [-0.25, -0.2) is 0 Å². The number of rotatable bonds is 4. The van der Waals surface area contributed by atoms with Crippen LogP contribution in [0.15, 0.2) is 24.3 Å². The van der Waals surface area contributed by atoms with E-state index in [9.17, 15) is 4.79 Å². The van der Waals surface area contributed by atoms with E-state index in [1.807, 2.05) is 24.3 Å². The monoisotopic (exact) mass is 234 g/mol. The Morgan fingerprint density at radius 3 is 2.76 bits per heavy atom. The molecule has 0 radical (unpaired) electrons. The average Bonchev–Trinajstić information content (AvgIpc) is 2.89. The highest BCUT2D eigenvalue weighted by Crippen LogP contribution is 2.24. The molecule has 0 bridgehead atoms. The maximum Gasteiger partial charge on any atom is 0.255 e. The van der Waals surface area contributed by atoms with Crippen LogP contribution in [0.3, 0.4) is 0 Å². The van der Waals surface area contributed by atoms with Crippen molar-refractivity contribution >= 4 is 11.6 Å². The molecule has 2 rings (SSSR count). The molecule has 1 aliphatic rings. The van der Waals surface area contributed by atoms with E-state index in [1.165, 1.54) is 12.8 Å². The smallest absolute Gasteiger partial charge is 0.255 e. The highest BCUT2D eigenvalue weighted by atomic mass is 16.5. The first-order valence-electron chi connectivity index (χ1n) is 5.94. The van der Waals surface area contributed by atoms with Crippen molar-refractivity contribution in [3.8, 4) is 0 Å². The van der Waals surface area contributed by atoms with Gasteiger partial charge in [-0.3, -0.25) is 4.79 Å². The number of carbonyl (C=O) groups excluding carboxylic acids is 1. The molecule has 1 N–H and O–H groups in total. The second-order valence-corrected chi connectivity index (χ2v) is 4.15. The summed E-state index contributed by atoms with van der Waals surface area (Å²) in [5.41, 5.74) is 1.75. The standard InChI is InChI=1S/C13H18N2O2/c1-17-10-14-13(16)11-6-2-3-7-12(11)15-8-4-5-9-15/h2-3,6-7H,4-5,8-10H2,1H3,(H,14,16). The Balaban J connectivity index is 2.17. The molecule has 92 valence electrons. The SMILES string of the molecule is COCNC(=O)c1ccccc1N1CCCC1. The van der Waals surface area contributed by atoms with Crippen LogP contribution in [-0.2, 0) is 4.74 Å². The molecule has 4 nitrogen and oxygen atoms in total. The van der Waals surface area contributed by atoms with Gasteiger partial charge in [0.25, 0.3) is 5.91 Å². The summed E-state index contributed by atoms with van der Waals surface area (Å²) < 4.78 is 4.85. The molecule has 0 atom stereocenters. The lowest BCUT2D eigenvalue weighted by atomic mass is 10.1. The molecule has 1 aromatic carbocycles. The second kappa shape index (κ2) is 5.68. The number of carbonyl (C=O) groups is 1. The van der Waals surface area contributed by atoms with Crippen LogP contribution in [0.2, 0.25) is 0 Å². The van der Waals surface area contributed by atoms with E-state index >= 15 is 0 Å². The average molecular weight is 234 g/mol. The predicted molar refractivity (Wildman–Crippen MR) is 67.2 cm³/mol. The number of nitrogens with one attached hydrogen (secondary N) is 1. The molecule has 1 aromatic rings. The minimum atomic E-state index is -0.0747. The summed E-state index contributed by atoms with van der Waals surface area (Å²) in [5.74, 6) is -0.0747. The van der Waals surface area contributed by atoms with Gasteiger partial charge >= 0.3 is 0 Å². The zero-order valence-corrected chi connectivity index (χ0v) is 10.1. The van der Waals surface area contributed by atoms with Gasteiger partial charge in [-0.05, 0) is 25.0 Å². The first-order valence-corrected chi connectivity index (χ1v) is 5.94. The summed E-state index contributed by atoms with van der Waals surface area (Å²) in [7, 11) is 1.56. The summed E-state index contributed by atoms with van der Waals surface area (Å²) in [6, 6.07) is 7.73. The number of amides is 1. The van der Waals surface area contributed by atoms with Crippen molar-refractivity contribution in [2.45, 2.75) is 12.8 Å². The molecular weight excluding hydrogens is 216 g/mol. The maximum absolute atomic E-state index is 12.0. The summed E-state index contributed by atoms with van der Waals surface area (Å²) >= 11 is 0. The molecule has 4 heteroatoms. The van der Waals surface area contributed by atoms with Crippen LogP contribution in [-0.4, -0.2) is 32.8 Å². The van der Waals surface area contributed by atoms with E-state index in [1.54, 1.807) is 7.11 Å². The normalized spacial score (nSPS) is 15.0. The molecule has 17 heavy (non-hydrogen) atoms. The second-order valence-electron chi connectivity index (χ2n) is 4.15. The Morgan fingerprint density at radius 2 is 2.06 bits per heavy atom. The molecule has 0 unspecified atom stereocenters. The summed E-state index contributed by atoms with van der Waals surface area (Å²) in [4.78, 5) is 14.2. The lowest BCUT2D eigenvalue weighted by molar-refractivity contribution is 0.0873.